The number of hydrogen-bond donors (Lipinski definition) is 2. The van der Waals surface area contributed by atoms with E-state index in [-0.39, 0.29) is 30.7 Å². The Hall–Kier alpha value is -3.17. The number of pyridine rings is 1. The summed E-state index contributed by atoms with van der Waals surface area (Å²) in [6.07, 6.45) is 1.67. The molecule has 2 saturated heterocycles. The molecule has 9 nitrogen and oxygen atoms in total. The van der Waals surface area contributed by atoms with Gasteiger partial charge in [0.05, 0.1) is 13.0 Å². The second-order valence-electron chi connectivity index (χ2n) is 8.10. The Balaban J connectivity index is 1.32. The van der Waals surface area contributed by atoms with Crippen LogP contribution in [-0.2, 0) is 14.4 Å². The van der Waals surface area contributed by atoms with E-state index in [9.17, 15) is 14.4 Å². The Bertz CT molecular complexity index is 979. The highest BCUT2D eigenvalue weighted by atomic mass is 35.5. The monoisotopic (exact) mass is 470 g/mol. The molecule has 4 rings (SSSR count). The molecule has 1 aromatic heterocycles. The van der Waals surface area contributed by atoms with E-state index in [1.165, 1.54) is 4.90 Å². The van der Waals surface area contributed by atoms with E-state index in [0.717, 1.165) is 32.0 Å². The molecule has 2 aliphatic rings. The van der Waals surface area contributed by atoms with E-state index >= 15 is 0 Å². The molecular formula is C23H27ClN6O3. The Morgan fingerprint density at radius 1 is 1.06 bits per heavy atom. The number of benzene rings is 1. The highest BCUT2D eigenvalue weighted by Crippen LogP contribution is 2.17. The van der Waals surface area contributed by atoms with Crippen molar-refractivity contribution >= 4 is 40.8 Å². The van der Waals surface area contributed by atoms with Gasteiger partial charge in [-0.05, 0) is 36.4 Å². The number of carbonyl (C=O) groups excluding carboxylic acids is 3. The van der Waals surface area contributed by atoms with E-state index in [1.807, 2.05) is 18.2 Å². The van der Waals surface area contributed by atoms with Crippen molar-refractivity contribution in [2.45, 2.75) is 12.5 Å². The average molecular weight is 471 g/mol. The summed E-state index contributed by atoms with van der Waals surface area (Å²) < 4.78 is 0. The number of nitrogens with one attached hydrogen (secondary N) is 2. The largest absolute Gasteiger partial charge is 0.354 e. The summed E-state index contributed by atoms with van der Waals surface area (Å²) >= 11 is 5.88. The molecule has 0 unspecified atom stereocenters. The topological polar surface area (TPSA) is 97.9 Å². The fraction of sp³-hybridized carbons (Fsp3) is 0.391. The second kappa shape index (κ2) is 10.6. The molecule has 10 heteroatoms. The average Bonchev–Trinajstić information content (AvgIpc) is 2.83. The third-order valence-electron chi connectivity index (χ3n) is 5.86. The van der Waals surface area contributed by atoms with Crippen molar-refractivity contribution in [1.29, 1.82) is 0 Å². The number of piperazine rings is 2. The Labute approximate surface area is 197 Å². The number of carbonyl (C=O) groups is 3. The van der Waals surface area contributed by atoms with Gasteiger partial charge in [-0.3, -0.25) is 19.3 Å². The molecule has 33 heavy (non-hydrogen) atoms. The van der Waals surface area contributed by atoms with Crippen molar-refractivity contribution in [2.24, 2.45) is 0 Å². The lowest BCUT2D eigenvalue weighted by Crippen LogP contribution is -2.60. The van der Waals surface area contributed by atoms with Crippen LogP contribution in [0.5, 0.6) is 0 Å². The van der Waals surface area contributed by atoms with Crippen LogP contribution in [0.15, 0.2) is 48.7 Å². The molecule has 174 valence electrons. The van der Waals surface area contributed by atoms with Crippen molar-refractivity contribution in [3.63, 3.8) is 0 Å². The van der Waals surface area contributed by atoms with Gasteiger partial charge in [-0.1, -0.05) is 17.7 Å². The third-order valence-corrected chi connectivity index (χ3v) is 6.11. The second-order valence-corrected chi connectivity index (χ2v) is 8.54. The Morgan fingerprint density at radius 3 is 2.52 bits per heavy atom. The van der Waals surface area contributed by atoms with Gasteiger partial charge < -0.3 is 20.4 Å². The molecule has 1 atom stereocenters. The van der Waals surface area contributed by atoms with Crippen LogP contribution in [0.4, 0.5) is 11.5 Å². The van der Waals surface area contributed by atoms with Gasteiger partial charge in [-0.2, -0.15) is 0 Å². The molecule has 3 amide bonds. The van der Waals surface area contributed by atoms with Gasteiger partial charge in [0.1, 0.15) is 11.9 Å². The van der Waals surface area contributed by atoms with E-state index in [0.29, 0.717) is 23.8 Å². The van der Waals surface area contributed by atoms with Crippen LogP contribution in [0.25, 0.3) is 0 Å². The molecule has 0 radical (unpaired) electrons. The van der Waals surface area contributed by atoms with Gasteiger partial charge in [-0.25, -0.2) is 4.98 Å². The molecule has 0 bridgehead atoms. The molecular weight excluding hydrogens is 444 g/mol. The summed E-state index contributed by atoms with van der Waals surface area (Å²) in [5, 5.41) is 6.09. The van der Waals surface area contributed by atoms with Crippen molar-refractivity contribution in [3.8, 4) is 0 Å². The lowest BCUT2D eigenvalue weighted by molar-refractivity contribution is -0.145. The molecule has 0 saturated carbocycles. The van der Waals surface area contributed by atoms with Crippen LogP contribution in [0, 0.1) is 0 Å². The van der Waals surface area contributed by atoms with Crippen LogP contribution in [0.1, 0.15) is 6.42 Å². The van der Waals surface area contributed by atoms with Gasteiger partial charge in [-0.15, -0.1) is 0 Å². The summed E-state index contributed by atoms with van der Waals surface area (Å²) in [4.78, 5) is 48.3. The number of nitrogens with zero attached hydrogens (tertiary/aromatic N) is 4. The number of aromatic nitrogens is 1. The minimum Gasteiger partial charge on any atom is -0.354 e. The number of hydrogen-bond acceptors (Lipinski definition) is 6. The van der Waals surface area contributed by atoms with E-state index in [2.05, 4.69) is 25.4 Å². The molecule has 1 aromatic carbocycles. The maximum absolute atomic E-state index is 13.1. The standard InChI is InChI=1S/C23H27ClN6O3/c24-17-4-6-18(7-5-17)27-21(31)15-19-23(33)26-9-10-30(19)22(32)16-28-11-13-29(14-12-28)20-3-1-2-8-25-20/h1-8,19H,9-16H2,(H,26,33)(H,27,31)/t19-/m0/s1. The first-order valence-electron chi connectivity index (χ1n) is 11.0. The zero-order valence-corrected chi connectivity index (χ0v) is 19.0. The maximum Gasteiger partial charge on any atom is 0.243 e. The lowest BCUT2D eigenvalue weighted by Gasteiger charge is -2.38. The predicted octanol–water partition coefficient (Wildman–Crippen LogP) is 1.21. The lowest BCUT2D eigenvalue weighted by atomic mass is 10.1. The Morgan fingerprint density at radius 2 is 1.82 bits per heavy atom. The minimum atomic E-state index is -0.826. The highest BCUT2D eigenvalue weighted by molar-refractivity contribution is 6.30. The van der Waals surface area contributed by atoms with Crippen LogP contribution >= 0.6 is 11.6 Å². The quantitative estimate of drug-likeness (QED) is 0.658. The van der Waals surface area contributed by atoms with Gasteiger partial charge in [0.2, 0.25) is 17.7 Å². The van der Waals surface area contributed by atoms with Crippen molar-refractivity contribution in [3.05, 3.63) is 53.7 Å². The van der Waals surface area contributed by atoms with Crippen molar-refractivity contribution in [1.82, 2.24) is 20.1 Å². The number of rotatable bonds is 6. The molecule has 2 fully saturated rings. The normalized spacial score (nSPS) is 19.2. The summed E-state index contributed by atoms with van der Waals surface area (Å²) in [5.74, 6) is 0.158. The van der Waals surface area contributed by atoms with Crippen LogP contribution in [-0.4, -0.2) is 84.4 Å². The first kappa shape index (κ1) is 23.0. The van der Waals surface area contributed by atoms with Gasteiger partial charge >= 0.3 is 0 Å². The molecule has 0 spiro atoms. The number of amides is 3. The fourth-order valence-corrected chi connectivity index (χ4v) is 4.22. The summed E-state index contributed by atoms with van der Waals surface area (Å²) in [5.41, 5.74) is 0.587. The molecule has 3 heterocycles. The molecule has 2 aliphatic heterocycles. The Kier molecular flexibility index (Phi) is 7.41. The highest BCUT2D eigenvalue weighted by Gasteiger charge is 2.35. The molecule has 2 N–H and O–H groups in total. The number of anilines is 2. The van der Waals surface area contributed by atoms with Gasteiger partial charge in [0, 0.05) is 56.2 Å². The summed E-state index contributed by atoms with van der Waals surface area (Å²) in [6, 6.07) is 11.7. The fourth-order valence-electron chi connectivity index (χ4n) is 4.09. The third kappa shape index (κ3) is 6.00. The van der Waals surface area contributed by atoms with Crippen LogP contribution in [0.2, 0.25) is 5.02 Å². The zero-order valence-electron chi connectivity index (χ0n) is 18.2. The molecule has 0 aliphatic carbocycles. The van der Waals surface area contributed by atoms with E-state index in [1.54, 1.807) is 30.5 Å². The zero-order chi connectivity index (χ0) is 23.2. The van der Waals surface area contributed by atoms with Crippen LogP contribution < -0.4 is 15.5 Å². The smallest absolute Gasteiger partial charge is 0.243 e. The predicted molar refractivity (Wildman–Crippen MR) is 126 cm³/mol. The van der Waals surface area contributed by atoms with E-state index in [4.69, 9.17) is 11.6 Å². The first-order chi connectivity index (χ1) is 16.0. The van der Waals surface area contributed by atoms with Gasteiger partial charge in [0.25, 0.3) is 0 Å². The first-order valence-corrected chi connectivity index (χ1v) is 11.4. The van der Waals surface area contributed by atoms with Crippen molar-refractivity contribution in [2.75, 3.05) is 56.0 Å². The van der Waals surface area contributed by atoms with E-state index < -0.39 is 6.04 Å². The number of halogens is 1. The minimum absolute atomic E-state index is 0.104. The summed E-state index contributed by atoms with van der Waals surface area (Å²) in [6.45, 7) is 3.99. The molecule has 2 aromatic rings. The SMILES string of the molecule is O=C(C[C@H]1C(=O)NCCN1C(=O)CN1CCN(c2ccccn2)CC1)Nc1ccc(Cl)cc1. The van der Waals surface area contributed by atoms with Gasteiger partial charge in [0.15, 0.2) is 0 Å². The summed E-state index contributed by atoms with van der Waals surface area (Å²) in [7, 11) is 0. The van der Waals surface area contributed by atoms with Crippen LogP contribution in [0.3, 0.4) is 0 Å². The maximum atomic E-state index is 13.1. The van der Waals surface area contributed by atoms with Crippen molar-refractivity contribution < 1.29 is 14.4 Å².